The molecule has 0 spiro atoms. The highest BCUT2D eigenvalue weighted by molar-refractivity contribution is 5.94. The van der Waals surface area contributed by atoms with Crippen LogP contribution in [-0.2, 0) is 38.4 Å². The number of nitrogens with two attached hydrogens (primary N) is 1. The Bertz CT molecular complexity index is 1580. The van der Waals surface area contributed by atoms with Crippen molar-refractivity contribution < 1.29 is 29.4 Å². The monoisotopic (exact) mass is 603 g/mol. The summed E-state index contributed by atoms with van der Waals surface area (Å²) in [5.41, 5.74) is 9.19. The van der Waals surface area contributed by atoms with Crippen LogP contribution >= 0.6 is 0 Å². The fourth-order valence-corrected chi connectivity index (χ4v) is 4.85. The maximum atomic E-state index is 13.6. The fourth-order valence-electron chi connectivity index (χ4n) is 4.85. The van der Waals surface area contributed by atoms with Gasteiger partial charge in [-0.15, -0.1) is 0 Å². The number of nitrogens with one attached hydrogen (secondary N) is 5. The molecule has 2 aromatic heterocycles. The van der Waals surface area contributed by atoms with E-state index in [4.69, 9.17) is 5.73 Å². The Kier molecular flexibility index (Phi) is 10.3. The number of amides is 3. The molecule has 0 fully saturated rings. The van der Waals surface area contributed by atoms with Gasteiger partial charge in [0.2, 0.25) is 17.7 Å². The first-order valence-corrected chi connectivity index (χ1v) is 14.2. The summed E-state index contributed by atoms with van der Waals surface area (Å²) in [6.07, 6.45) is 4.99. The van der Waals surface area contributed by atoms with Crippen LogP contribution in [0.25, 0.3) is 10.9 Å². The second-order valence-electron chi connectivity index (χ2n) is 11.0. The van der Waals surface area contributed by atoms with Crippen molar-refractivity contribution in [2.45, 2.75) is 57.3 Å². The zero-order valence-electron chi connectivity index (χ0n) is 24.4. The number of carbonyl (C=O) groups excluding carboxylic acids is 3. The van der Waals surface area contributed by atoms with E-state index in [1.165, 1.54) is 24.7 Å². The molecule has 0 saturated carbocycles. The van der Waals surface area contributed by atoms with Gasteiger partial charge >= 0.3 is 5.97 Å². The molecule has 0 saturated heterocycles. The van der Waals surface area contributed by atoms with Gasteiger partial charge in [-0.3, -0.25) is 14.4 Å². The minimum Gasteiger partial charge on any atom is -0.508 e. The zero-order valence-corrected chi connectivity index (χ0v) is 24.4. The van der Waals surface area contributed by atoms with Crippen LogP contribution in [0.15, 0.2) is 67.3 Å². The Balaban J connectivity index is 1.45. The van der Waals surface area contributed by atoms with Gasteiger partial charge in [-0.1, -0.05) is 44.2 Å². The highest BCUT2D eigenvalue weighted by Gasteiger charge is 2.32. The SMILES string of the molecule is CC(C)C(NC(=O)C(Cc1cnc[nH]1)NC(=O)C(N)Cc1c[nH]c2ccccc12)C(=O)NC(Cc1ccc(O)cc1)C(=O)O. The second-order valence-corrected chi connectivity index (χ2v) is 11.0. The van der Waals surface area contributed by atoms with Crippen LogP contribution in [0.5, 0.6) is 5.75 Å². The number of benzene rings is 2. The third-order valence-electron chi connectivity index (χ3n) is 7.30. The highest BCUT2D eigenvalue weighted by Crippen LogP contribution is 2.19. The van der Waals surface area contributed by atoms with Crippen molar-refractivity contribution in [2.24, 2.45) is 11.7 Å². The van der Waals surface area contributed by atoms with Crippen LogP contribution in [0.1, 0.15) is 30.7 Å². The molecule has 0 bridgehead atoms. The molecule has 232 valence electrons. The number of rotatable bonds is 14. The van der Waals surface area contributed by atoms with E-state index in [0.717, 1.165) is 16.5 Å². The number of carboxylic acids is 1. The van der Waals surface area contributed by atoms with Gasteiger partial charge in [0.1, 0.15) is 23.9 Å². The van der Waals surface area contributed by atoms with Crippen molar-refractivity contribution in [2.75, 3.05) is 0 Å². The van der Waals surface area contributed by atoms with Gasteiger partial charge in [0.05, 0.1) is 12.4 Å². The topological polar surface area (TPSA) is 215 Å². The van der Waals surface area contributed by atoms with Gasteiger partial charge in [0.25, 0.3) is 0 Å². The lowest BCUT2D eigenvalue weighted by atomic mass is 10.00. The smallest absolute Gasteiger partial charge is 0.326 e. The van der Waals surface area contributed by atoms with Crippen molar-refractivity contribution in [3.8, 4) is 5.75 Å². The number of nitrogens with zero attached hydrogens (tertiary/aromatic N) is 1. The number of carbonyl (C=O) groups is 4. The van der Waals surface area contributed by atoms with E-state index in [-0.39, 0.29) is 25.0 Å². The first-order chi connectivity index (χ1) is 21.0. The molecule has 3 amide bonds. The van der Waals surface area contributed by atoms with E-state index in [9.17, 15) is 29.4 Å². The molecule has 0 aliphatic rings. The van der Waals surface area contributed by atoms with Crippen LogP contribution < -0.4 is 21.7 Å². The van der Waals surface area contributed by atoms with Gasteiger partial charge in [-0.25, -0.2) is 9.78 Å². The lowest BCUT2D eigenvalue weighted by Gasteiger charge is -2.27. The summed E-state index contributed by atoms with van der Waals surface area (Å²) in [4.78, 5) is 62.0. The lowest BCUT2D eigenvalue weighted by Crippen LogP contribution is -2.59. The number of phenols is 1. The Morgan fingerprint density at radius 2 is 1.57 bits per heavy atom. The number of para-hydroxylation sites is 1. The van der Waals surface area contributed by atoms with Crippen molar-refractivity contribution >= 4 is 34.6 Å². The van der Waals surface area contributed by atoms with Crippen LogP contribution in [0.2, 0.25) is 0 Å². The summed E-state index contributed by atoms with van der Waals surface area (Å²) >= 11 is 0. The molecule has 13 heteroatoms. The van der Waals surface area contributed by atoms with Gasteiger partial charge in [0, 0.05) is 41.8 Å². The first kappa shape index (κ1) is 31.8. The van der Waals surface area contributed by atoms with Crippen LogP contribution in [0.4, 0.5) is 0 Å². The normalized spacial score (nSPS) is 14.0. The number of aromatic hydroxyl groups is 1. The molecule has 4 aromatic rings. The summed E-state index contributed by atoms with van der Waals surface area (Å²) in [6, 6.07) is 9.14. The lowest BCUT2D eigenvalue weighted by molar-refractivity contribution is -0.142. The zero-order chi connectivity index (χ0) is 31.8. The molecular weight excluding hydrogens is 566 g/mol. The quantitative estimate of drug-likeness (QED) is 0.104. The summed E-state index contributed by atoms with van der Waals surface area (Å²) in [6.45, 7) is 3.42. The van der Waals surface area contributed by atoms with E-state index in [2.05, 4.69) is 30.9 Å². The van der Waals surface area contributed by atoms with Gasteiger partial charge in [-0.2, -0.15) is 0 Å². The molecule has 0 aliphatic heterocycles. The van der Waals surface area contributed by atoms with E-state index in [1.54, 1.807) is 32.2 Å². The first-order valence-electron chi connectivity index (χ1n) is 14.2. The molecule has 0 radical (unpaired) electrons. The Morgan fingerprint density at radius 3 is 2.23 bits per heavy atom. The maximum absolute atomic E-state index is 13.6. The molecule has 4 atom stereocenters. The average molecular weight is 604 g/mol. The molecule has 13 nitrogen and oxygen atoms in total. The van der Waals surface area contributed by atoms with Crippen LogP contribution in [0, 0.1) is 5.92 Å². The minimum absolute atomic E-state index is 0.0305. The number of aromatic nitrogens is 3. The Labute approximate surface area is 253 Å². The average Bonchev–Trinajstić information content (AvgIpc) is 3.66. The number of hydrogen-bond donors (Lipinski definition) is 8. The number of imidazole rings is 1. The van der Waals surface area contributed by atoms with Crippen molar-refractivity contribution in [1.29, 1.82) is 0 Å². The van der Waals surface area contributed by atoms with E-state index >= 15 is 0 Å². The summed E-state index contributed by atoms with van der Waals surface area (Å²) < 4.78 is 0. The number of phenolic OH excluding ortho intramolecular Hbond substituents is 1. The molecule has 4 rings (SSSR count). The summed E-state index contributed by atoms with van der Waals surface area (Å²) in [5.74, 6) is -3.54. The number of H-pyrrole nitrogens is 2. The second kappa shape index (κ2) is 14.3. The van der Waals surface area contributed by atoms with Crippen molar-refractivity contribution in [3.05, 3.63) is 84.1 Å². The Hall–Kier alpha value is -5.17. The molecule has 0 aliphatic carbocycles. The highest BCUT2D eigenvalue weighted by atomic mass is 16.4. The number of carboxylic acid groups (broad SMARTS) is 1. The van der Waals surface area contributed by atoms with E-state index < -0.39 is 53.8 Å². The van der Waals surface area contributed by atoms with Crippen molar-refractivity contribution in [1.82, 2.24) is 30.9 Å². The van der Waals surface area contributed by atoms with Gasteiger partial charge < -0.3 is 41.9 Å². The fraction of sp³-hybridized carbons (Fsp3) is 0.323. The number of aromatic amines is 2. The molecular formula is C31H37N7O6. The predicted octanol–water partition coefficient (Wildman–Crippen LogP) is 1.15. The van der Waals surface area contributed by atoms with Gasteiger partial charge in [0.15, 0.2) is 0 Å². The summed E-state index contributed by atoms with van der Waals surface area (Å²) in [5, 5.41) is 28.1. The van der Waals surface area contributed by atoms with Gasteiger partial charge in [-0.05, 0) is 41.7 Å². The van der Waals surface area contributed by atoms with E-state index in [1.807, 2.05) is 24.3 Å². The largest absolute Gasteiger partial charge is 0.508 e. The predicted molar refractivity (Wildman–Crippen MR) is 162 cm³/mol. The summed E-state index contributed by atoms with van der Waals surface area (Å²) in [7, 11) is 0. The number of aliphatic carboxylic acids is 1. The Morgan fingerprint density at radius 1 is 0.864 bits per heavy atom. The standard InChI is InChI=1S/C31H37N7O6/c1-17(2)27(30(42)37-26(31(43)44)11-18-7-9-21(39)10-8-18)38-29(41)25(13-20-15-33-16-35-20)36-28(40)23(32)12-19-14-34-24-6-4-3-5-22(19)24/h3-10,14-17,23,25-27,34,39H,11-13,32H2,1-2H3,(H,33,35)(H,36,40)(H,37,42)(H,38,41)(H,43,44). The number of hydrogen-bond acceptors (Lipinski definition) is 7. The molecule has 2 heterocycles. The van der Waals surface area contributed by atoms with Crippen LogP contribution in [-0.4, -0.2) is 73.0 Å². The molecule has 4 unspecified atom stereocenters. The van der Waals surface area contributed by atoms with Crippen molar-refractivity contribution in [3.63, 3.8) is 0 Å². The maximum Gasteiger partial charge on any atom is 0.326 e. The minimum atomic E-state index is -1.28. The van der Waals surface area contributed by atoms with E-state index in [0.29, 0.717) is 11.3 Å². The molecule has 2 aromatic carbocycles. The van der Waals surface area contributed by atoms with Crippen LogP contribution in [0.3, 0.4) is 0 Å². The molecule has 44 heavy (non-hydrogen) atoms. The third-order valence-corrected chi connectivity index (χ3v) is 7.30. The number of fused-ring (bicyclic) bond motifs is 1. The molecule has 9 N–H and O–H groups in total. The third kappa shape index (κ3) is 8.22.